The quantitative estimate of drug-likeness (QED) is 0.860. The van der Waals surface area contributed by atoms with Crippen molar-refractivity contribution < 1.29 is 0 Å². The van der Waals surface area contributed by atoms with Crippen molar-refractivity contribution in [1.82, 2.24) is 4.98 Å². The average molecular weight is 218 g/mol. The Bertz CT molecular complexity index is 444. The molecular formula is C12H14N2S. The van der Waals surface area contributed by atoms with Crippen molar-refractivity contribution in [2.75, 3.05) is 0 Å². The van der Waals surface area contributed by atoms with E-state index in [4.69, 9.17) is 5.73 Å². The maximum absolute atomic E-state index is 5.79. The van der Waals surface area contributed by atoms with Crippen LogP contribution in [0.2, 0.25) is 0 Å². The highest BCUT2D eigenvalue weighted by Gasteiger charge is 2.32. The third kappa shape index (κ3) is 1.90. The molecule has 1 aromatic carbocycles. The van der Waals surface area contributed by atoms with E-state index >= 15 is 0 Å². The first-order valence-corrected chi connectivity index (χ1v) is 6.24. The predicted octanol–water partition coefficient (Wildman–Crippen LogP) is 2.58. The first kappa shape index (κ1) is 9.31. The molecular weight excluding hydrogens is 204 g/mol. The Balaban J connectivity index is 1.74. The van der Waals surface area contributed by atoms with Gasteiger partial charge in [0, 0.05) is 6.04 Å². The molecule has 0 radical (unpaired) electrons. The molecule has 1 saturated carbocycles. The van der Waals surface area contributed by atoms with Crippen LogP contribution in [-0.2, 0) is 6.42 Å². The molecule has 15 heavy (non-hydrogen) atoms. The van der Waals surface area contributed by atoms with Crippen molar-refractivity contribution in [2.45, 2.75) is 25.3 Å². The molecule has 1 aliphatic rings. The second-order valence-corrected chi connectivity index (χ2v) is 5.39. The van der Waals surface area contributed by atoms with Gasteiger partial charge in [0.1, 0.15) is 0 Å². The van der Waals surface area contributed by atoms with Gasteiger partial charge in [-0.3, -0.25) is 0 Å². The lowest BCUT2D eigenvalue weighted by Crippen LogP contribution is -2.02. The summed E-state index contributed by atoms with van der Waals surface area (Å²) in [7, 11) is 0. The SMILES string of the molecule is NC1CC1CCc1nc2ccccc2s1. The zero-order valence-corrected chi connectivity index (χ0v) is 9.33. The number of thiazole rings is 1. The maximum atomic E-state index is 5.79. The number of nitrogens with zero attached hydrogens (tertiary/aromatic N) is 1. The molecule has 0 saturated heterocycles. The van der Waals surface area contributed by atoms with Gasteiger partial charge in [0.2, 0.25) is 0 Å². The molecule has 78 valence electrons. The van der Waals surface area contributed by atoms with Crippen LogP contribution in [-0.4, -0.2) is 11.0 Å². The van der Waals surface area contributed by atoms with E-state index in [1.165, 1.54) is 22.5 Å². The summed E-state index contributed by atoms with van der Waals surface area (Å²) < 4.78 is 1.30. The van der Waals surface area contributed by atoms with Gasteiger partial charge in [-0.1, -0.05) is 12.1 Å². The van der Waals surface area contributed by atoms with Crippen LogP contribution in [0.4, 0.5) is 0 Å². The van der Waals surface area contributed by atoms with E-state index in [0.717, 1.165) is 17.9 Å². The molecule has 2 atom stereocenters. The van der Waals surface area contributed by atoms with Gasteiger partial charge in [-0.05, 0) is 37.3 Å². The summed E-state index contributed by atoms with van der Waals surface area (Å²) in [5.74, 6) is 0.761. The Labute approximate surface area is 93.1 Å². The summed E-state index contributed by atoms with van der Waals surface area (Å²) in [6.45, 7) is 0. The van der Waals surface area contributed by atoms with E-state index in [2.05, 4.69) is 23.2 Å². The standard InChI is InChI=1S/C12H14N2S/c13-9-7-8(9)5-6-12-14-10-3-1-2-4-11(10)15-12/h1-4,8-9H,5-7,13H2. The number of rotatable bonds is 3. The van der Waals surface area contributed by atoms with Crippen molar-refractivity contribution >= 4 is 21.6 Å². The second kappa shape index (κ2) is 3.58. The number of aromatic nitrogens is 1. The Kier molecular flexibility index (Phi) is 2.22. The average Bonchev–Trinajstić information content (AvgIpc) is 2.79. The summed E-state index contributed by atoms with van der Waals surface area (Å²) >= 11 is 1.82. The fourth-order valence-corrected chi connectivity index (χ4v) is 2.92. The predicted molar refractivity (Wildman–Crippen MR) is 64.0 cm³/mol. The number of hydrogen-bond donors (Lipinski definition) is 1. The number of nitrogens with two attached hydrogens (primary N) is 1. The lowest BCUT2D eigenvalue weighted by Gasteiger charge is -1.93. The molecule has 1 aromatic heterocycles. The van der Waals surface area contributed by atoms with Crippen molar-refractivity contribution in [3.8, 4) is 0 Å². The van der Waals surface area contributed by atoms with Crippen molar-refractivity contribution in [3.05, 3.63) is 29.3 Å². The van der Waals surface area contributed by atoms with Crippen LogP contribution in [0.5, 0.6) is 0 Å². The summed E-state index contributed by atoms with van der Waals surface area (Å²) in [6.07, 6.45) is 3.52. The van der Waals surface area contributed by atoms with Gasteiger partial charge in [0.05, 0.1) is 15.2 Å². The van der Waals surface area contributed by atoms with Gasteiger partial charge in [-0.15, -0.1) is 11.3 Å². The molecule has 0 bridgehead atoms. The van der Waals surface area contributed by atoms with Crippen molar-refractivity contribution in [1.29, 1.82) is 0 Å². The second-order valence-electron chi connectivity index (χ2n) is 4.27. The van der Waals surface area contributed by atoms with E-state index < -0.39 is 0 Å². The van der Waals surface area contributed by atoms with Crippen LogP contribution in [0.25, 0.3) is 10.2 Å². The molecule has 3 rings (SSSR count). The smallest absolute Gasteiger partial charge is 0.0938 e. The van der Waals surface area contributed by atoms with E-state index in [1.807, 2.05) is 17.4 Å². The topological polar surface area (TPSA) is 38.9 Å². The first-order chi connectivity index (χ1) is 7.33. The van der Waals surface area contributed by atoms with Gasteiger partial charge in [0.25, 0.3) is 0 Å². The van der Waals surface area contributed by atoms with Crippen LogP contribution >= 0.6 is 11.3 Å². The Morgan fingerprint density at radius 2 is 2.20 bits per heavy atom. The molecule has 0 amide bonds. The minimum Gasteiger partial charge on any atom is -0.327 e. The molecule has 3 heteroatoms. The van der Waals surface area contributed by atoms with Gasteiger partial charge in [-0.25, -0.2) is 4.98 Å². The summed E-state index contributed by atoms with van der Waals surface area (Å²) in [4.78, 5) is 4.62. The summed E-state index contributed by atoms with van der Waals surface area (Å²) in [5, 5.41) is 1.26. The minimum absolute atomic E-state index is 0.472. The number of para-hydroxylation sites is 1. The third-order valence-electron chi connectivity index (χ3n) is 3.04. The fourth-order valence-electron chi connectivity index (χ4n) is 1.94. The van der Waals surface area contributed by atoms with E-state index in [1.54, 1.807) is 0 Å². The molecule has 2 aromatic rings. The third-order valence-corrected chi connectivity index (χ3v) is 4.14. The highest BCUT2D eigenvalue weighted by molar-refractivity contribution is 7.18. The fraction of sp³-hybridized carbons (Fsp3) is 0.417. The summed E-state index contributed by atoms with van der Waals surface area (Å²) in [6, 6.07) is 8.81. The van der Waals surface area contributed by atoms with E-state index in [-0.39, 0.29) is 0 Å². The molecule has 2 nitrogen and oxygen atoms in total. The van der Waals surface area contributed by atoms with Crippen molar-refractivity contribution in [3.63, 3.8) is 0 Å². The van der Waals surface area contributed by atoms with Gasteiger partial charge in [0.15, 0.2) is 0 Å². The van der Waals surface area contributed by atoms with E-state index in [9.17, 15) is 0 Å². The lowest BCUT2D eigenvalue weighted by molar-refractivity contribution is 0.698. The number of benzene rings is 1. The molecule has 0 aliphatic heterocycles. The Morgan fingerprint density at radius 3 is 2.93 bits per heavy atom. The van der Waals surface area contributed by atoms with Crippen LogP contribution in [0, 0.1) is 5.92 Å². The summed E-state index contributed by atoms with van der Waals surface area (Å²) in [5.41, 5.74) is 6.93. The van der Waals surface area contributed by atoms with E-state index in [0.29, 0.717) is 6.04 Å². The van der Waals surface area contributed by atoms with Crippen LogP contribution in [0.3, 0.4) is 0 Å². The first-order valence-electron chi connectivity index (χ1n) is 5.43. The molecule has 0 spiro atoms. The number of hydrogen-bond acceptors (Lipinski definition) is 3. The molecule has 2 unspecified atom stereocenters. The van der Waals surface area contributed by atoms with Crippen LogP contribution in [0.1, 0.15) is 17.8 Å². The monoisotopic (exact) mass is 218 g/mol. The van der Waals surface area contributed by atoms with Gasteiger partial charge >= 0.3 is 0 Å². The number of aryl methyl sites for hydroxylation is 1. The van der Waals surface area contributed by atoms with Crippen molar-refractivity contribution in [2.24, 2.45) is 11.7 Å². The highest BCUT2D eigenvalue weighted by Crippen LogP contribution is 2.33. The zero-order chi connectivity index (χ0) is 10.3. The Hall–Kier alpha value is -0.930. The largest absolute Gasteiger partial charge is 0.327 e. The zero-order valence-electron chi connectivity index (χ0n) is 8.52. The van der Waals surface area contributed by atoms with Gasteiger partial charge in [-0.2, -0.15) is 0 Å². The number of fused-ring (bicyclic) bond motifs is 1. The minimum atomic E-state index is 0.472. The van der Waals surface area contributed by atoms with Crippen LogP contribution < -0.4 is 5.73 Å². The molecule has 1 heterocycles. The molecule has 1 aliphatic carbocycles. The normalized spacial score (nSPS) is 24.6. The Morgan fingerprint density at radius 1 is 1.40 bits per heavy atom. The highest BCUT2D eigenvalue weighted by atomic mass is 32.1. The van der Waals surface area contributed by atoms with Crippen LogP contribution in [0.15, 0.2) is 24.3 Å². The van der Waals surface area contributed by atoms with Gasteiger partial charge < -0.3 is 5.73 Å². The molecule has 1 fully saturated rings. The lowest BCUT2D eigenvalue weighted by atomic mass is 10.2. The molecule has 2 N–H and O–H groups in total. The maximum Gasteiger partial charge on any atom is 0.0938 e.